The first-order chi connectivity index (χ1) is 11.8. The molecule has 1 aromatic rings. The van der Waals surface area contributed by atoms with Crippen molar-refractivity contribution in [2.45, 2.75) is 84.0 Å². The Hall–Kier alpha value is -1.04. The Morgan fingerprint density at radius 1 is 0.833 bits per heavy atom. The smallest absolute Gasteiger partial charge is 0.0162 e. The lowest BCUT2D eigenvalue weighted by Gasteiger charge is -2.35. The quantitative estimate of drug-likeness (QED) is 0.377. The van der Waals surface area contributed by atoms with Gasteiger partial charge in [0.25, 0.3) is 0 Å². The Morgan fingerprint density at radius 2 is 1.58 bits per heavy atom. The normalized spacial score (nSPS) is 30.4. The van der Waals surface area contributed by atoms with E-state index in [1.807, 2.05) is 0 Å². The van der Waals surface area contributed by atoms with Gasteiger partial charge in [-0.05, 0) is 81.1 Å². The van der Waals surface area contributed by atoms with Gasteiger partial charge in [0.2, 0.25) is 0 Å². The van der Waals surface area contributed by atoms with Gasteiger partial charge in [0, 0.05) is 0 Å². The summed E-state index contributed by atoms with van der Waals surface area (Å²) in [4.78, 5) is 0. The summed E-state index contributed by atoms with van der Waals surface area (Å²) in [6, 6.07) is 9.29. The maximum Gasteiger partial charge on any atom is -0.0162 e. The molecule has 0 radical (unpaired) electrons. The summed E-state index contributed by atoms with van der Waals surface area (Å²) >= 11 is 0. The van der Waals surface area contributed by atoms with Crippen LogP contribution in [0, 0.1) is 24.7 Å². The summed E-state index contributed by atoms with van der Waals surface area (Å²) in [5.41, 5.74) is 2.96. The predicted octanol–water partition coefficient (Wildman–Crippen LogP) is 7.43. The molecule has 1 aromatic carbocycles. The monoisotopic (exact) mass is 324 g/mol. The van der Waals surface area contributed by atoms with Gasteiger partial charge >= 0.3 is 0 Å². The Labute approximate surface area is 149 Å². The van der Waals surface area contributed by atoms with Gasteiger partial charge in [0.05, 0.1) is 0 Å². The number of aryl methyl sites for hydroxylation is 1. The maximum absolute atomic E-state index is 2.61. The lowest BCUT2D eigenvalue weighted by Crippen LogP contribution is -2.22. The Morgan fingerprint density at radius 3 is 2.21 bits per heavy atom. The molecule has 132 valence electrons. The van der Waals surface area contributed by atoms with Crippen molar-refractivity contribution in [2.24, 2.45) is 17.8 Å². The van der Waals surface area contributed by atoms with Crippen LogP contribution in [0.2, 0.25) is 0 Å². The fraction of sp³-hybridized carbons (Fsp3) is 0.667. The Balaban J connectivity index is 1.45. The average Bonchev–Trinajstić information content (AvgIpc) is 2.63. The molecule has 1 saturated carbocycles. The highest BCUT2D eigenvalue weighted by atomic mass is 14.3. The molecule has 3 rings (SSSR count). The maximum atomic E-state index is 2.61. The topological polar surface area (TPSA) is 0 Å². The van der Waals surface area contributed by atoms with Gasteiger partial charge in [-0.2, -0.15) is 0 Å². The van der Waals surface area contributed by atoms with E-state index in [4.69, 9.17) is 0 Å². The van der Waals surface area contributed by atoms with Crippen LogP contribution in [-0.2, 0) is 0 Å². The van der Waals surface area contributed by atoms with Gasteiger partial charge in [-0.15, -0.1) is 0 Å². The Bertz CT molecular complexity index is 501. The number of hydrogen-bond donors (Lipinski definition) is 0. The predicted molar refractivity (Wildman–Crippen MR) is 105 cm³/mol. The number of benzene rings is 1. The molecule has 0 heterocycles. The molecule has 0 N–H and O–H groups in total. The van der Waals surface area contributed by atoms with Crippen molar-refractivity contribution in [1.29, 1.82) is 0 Å². The van der Waals surface area contributed by atoms with E-state index in [1.165, 1.54) is 69.8 Å². The van der Waals surface area contributed by atoms with Crippen molar-refractivity contribution < 1.29 is 0 Å². The third-order valence-corrected chi connectivity index (χ3v) is 6.61. The zero-order valence-corrected chi connectivity index (χ0v) is 15.8. The largest absolute Gasteiger partial charge is 0.0851 e. The first-order valence-electron chi connectivity index (χ1n) is 10.5. The summed E-state index contributed by atoms with van der Waals surface area (Å²) in [5.74, 6) is 3.54. The van der Waals surface area contributed by atoms with Gasteiger partial charge in [0.15, 0.2) is 0 Å². The third-order valence-electron chi connectivity index (χ3n) is 6.61. The number of rotatable bonds is 6. The molecule has 0 nitrogen and oxygen atoms in total. The molecule has 24 heavy (non-hydrogen) atoms. The van der Waals surface area contributed by atoms with Crippen LogP contribution < -0.4 is 0 Å². The highest BCUT2D eigenvalue weighted by Gasteiger charge is 2.28. The molecule has 0 spiro atoms. The molecule has 2 atom stereocenters. The van der Waals surface area contributed by atoms with Crippen LogP contribution >= 0.6 is 0 Å². The van der Waals surface area contributed by atoms with Crippen LogP contribution in [0.1, 0.15) is 88.2 Å². The van der Waals surface area contributed by atoms with Gasteiger partial charge in [-0.25, -0.2) is 0 Å². The van der Waals surface area contributed by atoms with Crippen LogP contribution in [0.5, 0.6) is 0 Å². The van der Waals surface area contributed by atoms with E-state index in [9.17, 15) is 0 Å². The van der Waals surface area contributed by atoms with E-state index < -0.39 is 0 Å². The standard InChI is InChI=1S/C24H36/c1-3-4-5-6-20-9-13-22(14-10-20)24-17-15-23(16-18-24)21-11-7-19(2)8-12-21/h7-9,11-13,20,22-24H,3-6,10,14-18H2,1-2H3. The van der Waals surface area contributed by atoms with Crippen LogP contribution in [0.25, 0.3) is 0 Å². The highest BCUT2D eigenvalue weighted by Crippen LogP contribution is 2.42. The van der Waals surface area contributed by atoms with Crippen LogP contribution in [0.3, 0.4) is 0 Å². The second-order valence-corrected chi connectivity index (χ2v) is 8.40. The van der Waals surface area contributed by atoms with Crippen molar-refractivity contribution in [3.8, 4) is 0 Å². The van der Waals surface area contributed by atoms with Crippen molar-refractivity contribution in [3.63, 3.8) is 0 Å². The van der Waals surface area contributed by atoms with E-state index in [2.05, 4.69) is 50.3 Å². The minimum atomic E-state index is 0.816. The van der Waals surface area contributed by atoms with E-state index in [1.54, 1.807) is 5.56 Å². The molecule has 0 bridgehead atoms. The molecule has 2 unspecified atom stereocenters. The SMILES string of the molecule is CCCCCC1C=CC(C2CCC(c3ccc(C)cc3)CC2)CC1. The van der Waals surface area contributed by atoms with Crippen molar-refractivity contribution in [3.05, 3.63) is 47.5 Å². The summed E-state index contributed by atoms with van der Waals surface area (Å²) in [7, 11) is 0. The summed E-state index contributed by atoms with van der Waals surface area (Å²) in [5, 5.41) is 0. The van der Waals surface area contributed by atoms with Crippen LogP contribution in [-0.4, -0.2) is 0 Å². The summed E-state index contributed by atoms with van der Waals surface area (Å²) in [6.07, 6.45) is 19.4. The lowest BCUT2D eigenvalue weighted by molar-refractivity contribution is 0.239. The van der Waals surface area contributed by atoms with E-state index in [0.717, 1.165) is 23.7 Å². The number of hydrogen-bond acceptors (Lipinski definition) is 0. The number of unbranched alkanes of at least 4 members (excludes halogenated alkanes) is 2. The van der Waals surface area contributed by atoms with Gasteiger partial charge in [0.1, 0.15) is 0 Å². The minimum Gasteiger partial charge on any atom is -0.0851 e. The molecule has 1 fully saturated rings. The van der Waals surface area contributed by atoms with Crippen molar-refractivity contribution in [2.75, 3.05) is 0 Å². The molecule has 0 amide bonds. The second kappa shape index (κ2) is 8.88. The van der Waals surface area contributed by atoms with Gasteiger partial charge < -0.3 is 0 Å². The van der Waals surface area contributed by atoms with E-state index in [0.29, 0.717) is 0 Å². The fourth-order valence-corrected chi connectivity index (χ4v) is 4.91. The summed E-state index contributed by atoms with van der Waals surface area (Å²) in [6.45, 7) is 4.49. The molecule has 2 aliphatic rings. The molecular weight excluding hydrogens is 288 g/mol. The van der Waals surface area contributed by atoms with Crippen LogP contribution in [0.15, 0.2) is 36.4 Å². The van der Waals surface area contributed by atoms with E-state index in [-0.39, 0.29) is 0 Å². The van der Waals surface area contributed by atoms with E-state index >= 15 is 0 Å². The molecule has 0 aliphatic heterocycles. The highest BCUT2D eigenvalue weighted by molar-refractivity contribution is 5.25. The fourth-order valence-electron chi connectivity index (χ4n) is 4.91. The van der Waals surface area contributed by atoms with Gasteiger partial charge in [-0.3, -0.25) is 0 Å². The molecule has 0 aromatic heterocycles. The molecule has 0 heteroatoms. The minimum absolute atomic E-state index is 0.816. The van der Waals surface area contributed by atoms with Gasteiger partial charge in [-0.1, -0.05) is 68.2 Å². The average molecular weight is 325 g/mol. The Kier molecular flexibility index (Phi) is 6.58. The zero-order valence-electron chi connectivity index (χ0n) is 15.8. The summed E-state index contributed by atoms with van der Waals surface area (Å²) < 4.78 is 0. The first kappa shape index (κ1) is 17.8. The molecule has 0 saturated heterocycles. The lowest BCUT2D eigenvalue weighted by atomic mass is 9.70. The molecule has 2 aliphatic carbocycles. The van der Waals surface area contributed by atoms with Crippen LogP contribution in [0.4, 0.5) is 0 Å². The van der Waals surface area contributed by atoms with Crippen molar-refractivity contribution in [1.82, 2.24) is 0 Å². The number of allylic oxidation sites excluding steroid dienone is 2. The molecular formula is C24H36. The third kappa shape index (κ3) is 4.74. The zero-order chi connectivity index (χ0) is 16.8. The second-order valence-electron chi connectivity index (χ2n) is 8.40. The first-order valence-corrected chi connectivity index (χ1v) is 10.5. The van der Waals surface area contributed by atoms with Crippen molar-refractivity contribution >= 4 is 0 Å².